The molecule has 0 aliphatic rings. The standard InChI is InChI=1S/C13H16N4O/c14-6-3-7-16-13-10(12(15)18)8-9-4-1-2-5-11(9)17-13/h1-2,4-5,8H,3,6-7,14H2,(H2,15,18)(H,16,17). The van der Waals surface area contributed by atoms with Crippen molar-refractivity contribution in [2.75, 3.05) is 18.4 Å². The third-order valence-electron chi connectivity index (χ3n) is 2.66. The number of benzene rings is 1. The molecule has 0 unspecified atom stereocenters. The van der Waals surface area contributed by atoms with Gasteiger partial charge >= 0.3 is 0 Å². The zero-order chi connectivity index (χ0) is 13.0. The SMILES string of the molecule is NCCCNc1nc2ccccc2cc1C(N)=O. The molecule has 1 heterocycles. The minimum absolute atomic E-state index is 0.408. The summed E-state index contributed by atoms with van der Waals surface area (Å²) in [5, 5.41) is 3.99. The highest BCUT2D eigenvalue weighted by Crippen LogP contribution is 2.19. The fourth-order valence-electron chi connectivity index (χ4n) is 1.75. The third-order valence-corrected chi connectivity index (χ3v) is 2.66. The Hall–Kier alpha value is -2.14. The van der Waals surface area contributed by atoms with Crippen molar-refractivity contribution in [3.8, 4) is 0 Å². The molecule has 2 rings (SSSR count). The molecular formula is C13H16N4O. The highest BCUT2D eigenvalue weighted by atomic mass is 16.1. The molecule has 5 N–H and O–H groups in total. The van der Waals surface area contributed by atoms with Crippen LogP contribution in [0.15, 0.2) is 30.3 Å². The van der Waals surface area contributed by atoms with Crippen molar-refractivity contribution in [3.05, 3.63) is 35.9 Å². The number of hydrogen-bond acceptors (Lipinski definition) is 4. The van der Waals surface area contributed by atoms with Crippen LogP contribution in [0.1, 0.15) is 16.8 Å². The number of anilines is 1. The van der Waals surface area contributed by atoms with Crippen molar-refractivity contribution in [2.24, 2.45) is 11.5 Å². The predicted octanol–water partition coefficient (Wildman–Crippen LogP) is 1.09. The van der Waals surface area contributed by atoms with Crippen molar-refractivity contribution in [1.82, 2.24) is 4.98 Å². The molecule has 5 nitrogen and oxygen atoms in total. The number of para-hydroxylation sites is 1. The molecule has 94 valence electrons. The van der Waals surface area contributed by atoms with Crippen LogP contribution < -0.4 is 16.8 Å². The van der Waals surface area contributed by atoms with Crippen LogP contribution in [0.25, 0.3) is 10.9 Å². The molecule has 18 heavy (non-hydrogen) atoms. The quantitative estimate of drug-likeness (QED) is 0.686. The topological polar surface area (TPSA) is 94.0 Å². The summed E-state index contributed by atoms with van der Waals surface area (Å²) in [6, 6.07) is 9.36. The minimum atomic E-state index is -0.483. The molecule has 0 atom stereocenters. The van der Waals surface area contributed by atoms with Crippen molar-refractivity contribution < 1.29 is 4.79 Å². The van der Waals surface area contributed by atoms with Crippen LogP contribution >= 0.6 is 0 Å². The molecule has 0 aliphatic heterocycles. The first-order valence-electron chi connectivity index (χ1n) is 5.86. The lowest BCUT2D eigenvalue weighted by atomic mass is 10.1. The van der Waals surface area contributed by atoms with E-state index >= 15 is 0 Å². The van der Waals surface area contributed by atoms with E-state index in [2.05, 4.69) is 10.3 Å². The van der Waals surface area contributed by atoms with Crippen molar-refractivity contribution in [3.63, 3.8) is 0 Å². The maximum Gasteiger partial charge on any atom is 0.252 e. The van der Waals surface area contributed by atoms with Crippen LogP contribution in [0, 0.1) is 0 Å². The van der Waals surface area contributed by atoms with Gasteiger partial charge < -0.3 is 16.8 Å². The Morgan fingerprint density at radius 1 is 1.33 bits per heavy atom. The van der Waals surface area contributed by atoms with Gasteiger partial charge in [0, 0.05) is 11.9 Å². The highest BCUT2D eigenvalue weighted by molar-refractivity contribution is 6.01. The second-order valence-corrected chi connectivity index (χ2v) is 4.01. The Labute approximate surface area is 105 Å². The molecule has 1 aromatic carbocycles. The molecule has 0 radical (unpaired) electrons. The van der Waals surface area contributed by atoms with Gasteiger partial charge in [0.15, 0.2) is 0 Å². The number of fused-ring (bicyclic) bond motifs is 1. The summed E-state index contributed by atoms with van der Waals surface area (Å²) in [5.41, 5.74) is 12.0. The molecule has 0 fully saturated rings. The van der Waals surface area contributed by atoms with E-state index in [1.165, 1.54) is 0 Å². The Kier molecular flexibility index (Phi) is 3.74. The lowest BCUT2D eigenvalue weighted by Crippen LogP contribution is -2.17. The number of nitrogens with one attached hydrogen (secondary N) is 1. The van der Waals surface area contributed by atoms with Crippen LogP contribution in [-0.2, 0) is 0 Å². The fourth-order valence-corrected chi connectivity index (χ4v) is 1.75. The van der Waals surface area contributed by atoms with E-state index in [1.807, 2.05) is 24.3 Å². The lowest BCUT2D eigenvalue weighted by molar-refractivity contribution is 0.100. The molecule has 0 bridgehead atoms. The first-order chi connectivity index (χ1) is 8.72. The molecule has 0 saturated heterocycles. The van der Waals surface area contributed by atoms with Gasteiger partial charge in [-0.2, -0.15) is 0 Å². The summed E-state index contributed by atoms with van der Waals surface area (Å²) >= 11 is 0. The molecule has 5 heteroatoms. The van der Waals surface area contributed by atoms with Gasteiger partial charge in [-0.05, 0) is 25.1 Å². The van der Waals surface area contributed by atoms with Crippen molar-refractivity contribution in [2.45, 2.75) is 6.42 Å². The van der Waals surface area contributed by atoms with Crippen LogP contribution in [0.4, 0.5) is 5.82 Å². The maximum absolute atomic E-state index is 11.4. The van der Waals surface area contributed by atoms with Gasteiger partial charge in [0.2, 0.25) is 0 Å². The first-order valence-corrected chi connectivity index (χ1v) is 5.86. The van der Waals surface area contributed by atoms with E-state index in [4.69, 9.17) is 11.5 Å². The predicted molar refractivity (Wildman–Crippen MR) is 72.4 cm³/mol. The normalized spacial score (nSPS) is 10.5. The molecule has 0 saturated carbocycles. The van der Waals surface area contributed by atoms with Crippen LogP contribution in [0.2, 0.25) is 0 Å². The van der Waals surface area contributed by atoms with E-state index in [1.54, 1.807) is 6.07 Å². The molecule has 0 aliphatic carbocycles. The second-order valence-electron chi connectivity index (χ2n) is 4.01. The van der Waals surface area contributed by atoms with Crippen LogP contribution in [0.3, 0.4) is 0 Å². The lowest BCUT2D eigenvalue weighted by Gasteiger charge is -2.10. The van der Waals surface area contributed by atoms with Crippen LogP contribution in [0.5, 0.6) is 0 Å². The van der Waals surface area contributed by atoms with Gasteiger partial charge in [-0.25, -0.2) is 4.98 Å². The van der Waals surface area contributed by atoms with Gasteiger partial charge in [-0.3, -0.25) is 4.79 Å². The van der Waals surface area contributed by atoms with Gasteiger partial charge in [0.05, 0.1) is 11.1 Å². The number of amides is 1. The molecule has 1 aromatic heterocycles. The van der Waals surface area contributed by atoms with E-state index in [9.17, 15) is 4.79 Å². The van der Waals surface area contributed by atoms with Gasteiger partial charge in [0.25, 0.3) is 5.91 Å². The Balaban J connectivity index is 2.41. The van der Waals surface area contributed by atoms with Gasteiger partial charge in [0.1, 0.15) is 5.82 Å². The van der Waals surface area contributed by atoms with E-state index < -0.39 is 5.91 Å². The smallest absolute Gasteiger partial charge is 0.252 e. The van der Waals surface area contributed by atoms with E-state index in [0.717, 1.165) is 17.3 Å². The number of primary amides is 1. The maximum atomic E-state index is 11.4. The molecular weight excluding hydrogens is 228 g/mol. The number of nitrogens with two attached hydrogens (primary N) is 2. The van der Waals surface area contributed by atoms with E-state index in [0.29, 0.717) is 24.5 Å². The van der Waals surface area contributed by atoms with Gasteiger partial charge in [-0.1, -0.05) is 18.2 Å². The number of hydrogen-bond donors (Lipinski definition) is 3. The Bertz CT molecular complexity index is 568. The zero-order valence-corrected chi connectivity index (χ0v) is 10.0. The Morgan fingerprint density at radius 3 is 2.83 bits per heavy atom. The second kappa shape index (κ2) is 5.46. The highest BCUT2D eigenvalue weighted by Gasteiger charge is 2.10. The van der Waals surface area contributed by atoms with Gasteiger partial charge in [-0.15, -0.1) is 0 Å². The number of aromatic nitrogens is 1. The van der Waals surface area contributed by atoms with Crippen molar-refractivity contribution >= 4 is 22.6 Å². The summed E-state index contributed by atoms with van der Waals surface area (Å²) in [4.78, 5) is 15.8. The number of carbonyl (C=O) groups is 1. The average Bonchev–Trinajstić information content (AvgIpc) is 2.38. The largest absolute Gasteiger partial charge is 0.369 e. The Morgan fingerprint density at radius 2 is 2.11 bits per heavy atom. The summed E-state index contributed by atoms with van der Waals surface area (Å²) in [7, 11) is 0. The molecule has 1 amide bonds. The average molecular weight is 244 g/mol. The number of rotatable bonds is 5. The third kappa shape index (κ3) is 2.57. The molecule has 0 spiro atoms. The number of carbonyl (C=O) groups excluding carboxylic acids is 1. The summed E-state index contributed by atoms with van der Waals surface area (Å²) in [6.45, 7) is 1.26. The fraction of sp³-hybridized carbons (Fsp3) is 0.231. The monoisotopic (exact) mass is 244 g/mol. The minimum Gasteiger partial charge on any atom is -0.369 e. The summed E-state index contributed by atoms with van der Waals surface area (Å²) < 4.78 is 0. The molecule has 2 aromatic rings. The first kappa shape index (κ1) is 12.3. The number of pyridine rings is 1. The summed E-state index contributed by atoms with van der Waals surface area (Å²) in [5.74, 6) is 0.0400. The van der Waals surface area contributed by atoms with Crippen molar-refractivity contribution in [1.29, 1.82) is 0 Å². The van der Waals surface area contributed by atoms with Crippen LogP contribution in [-0.4, -0.2) is 24.0 Å². The summed E-state index contributed by atoms with van der Waals surface area (Å²) in [6.07, 6.45) is 0.812. The zero-order valence-electron chi connectivity index (χ0n) is 10.0. The van der Waals surface area contributed by atoms with E-state index in [-0.39, 0.29) is 0 Å². The number of nitrogens with zero attached hydrogens (tertiary/aromatic N) is 1.